The maximum absolute atomic E-state index is 11.6. The molecular weight excluding hydrogens is 194 g/mol. The average Bonchev–Trinajstić information content (AvgIpc) is 2.25. The molecule has 0 saturated heterocycles. The first-order chi connectivity index (χ1) is 7.20. The Hall–Kier alpha value is -1.29. The lowest BCUT2D eigenvalue weighted by Crippen LogP contribution is -2.26. The van der Waals surface area contributed by atoms with Crippen LogP contribution < -0.4 is 5.56 Å². The highest BCUT2D eigenvalue weighted by Crippen LogP contribution is 2.10. The molecule has 4 nitrogen and oxygen atoms in total. The molecule has 0 aliphatic heterocycles. The van der Waals surface area contributed by atoms with Crippen molar-refractivity contribution in [2.75, 3.05) is 13.2 Å². The normalized spacial score (nSPS) is 12.7. The van der Waals surface area contributed by atoms with E-state index in [1.165, 1.54) is 10.6 Å². The van der Waals surface area contributed by atoms with Crippen molar-refractivity contribution in [3.8, 4) is 5.75 Å². The van der Waals surface area contributed by atoms with Crippen LogP contribution in [0.4, 0.5) is 0 Å². The van der Waals surface area contributed by atoms with E-state index in [0.29, 0.717) is 13.2 Å². The molecule has 1 aromatic heterocycles. The van der Waals surface area contributed by atoms with Gasteiger partial charge in [-0.2, -0.15) is 0 Å². The Bertz CT molecular complexity index is 359. The molecule has 0 bridgehead atoms. The van der Waals surface area contributed by atoms with E-state index in [1.54, 1.807) is 12.3 Å². The van der Waals surface area contributed by atoms with Gasteiger partial charge in [-0.1, -0.05) is 6.92 Å². The van der Waals surface area contributed by atoms with E-state index in [9.17, 15) is 9.90 Å². The number of pyridine rings is 1. The third-order valence-corrected chi connectivity index (χ3v) is 2.33. The van der Waals surface area contributed by atoms with Crippen LogP contribution in [0.2, 0.25) is 0 Å². The lowest BCUT2D eigenvalue weighted by molar-refractivity contribution is 0.110. The zero-order valence-corrected chi connectivity index (χ0v) is 9.14. The fraction of sp³-hybridized carbons (Fsp3) is 0.545. The van der Waals surface area contributed by atoms with Gasteiger partial charge in [0.05, 0.1) is 12.6 Å². The van der Waals surface area contributed by atoms with E-state index in [-0.39, 0.29) is 17.4 Å². The van der Waals surface area contributed by atoms with Gasteiger partial charge in [-0.05, 0) is 25.5 Å². The van der Waals surface area contributed by atoms with Crippen LogP contribution in [0.5, 0.6) is 5.75 Å². The van der Waals surface area contributed by atoms with Crippen LogP contribution >= 0.6 is 0 Å². The summed E-state index contributed by atoms with van der Waals surface area (Å²) >= 11 is 0. The van der Waals surface area contributed by atoms with Crippen molar-refractivity contribution < 1.29 is 9.84 Å². The molecule has 1 unspecified atom stereocenters. The van der Waals surface area contributed by atoms with Crippen molar-refractivity contribution in [3.63, 3.8) is 0 Å². The number of ether oxygens (including phenoxy) is 1. The highest BCUT2D eigenvalue weighted by molar-refractivity contribution is 5.15. The van der Waals surface area contributed by atoms with Crippen LogP contribution in [0.3, 0.4) is 0 Å². The van der Waals surface area contributed by atoms with E-state index in [4.69, 9.17) is 4.74 Å². The van der Waals surface area contributed by atoms with Crippen molar-refractivity contribution >= 4 is 0 Å². The molecule has 0 spiro atoms. The maximum atomic E-state index is 11.6. The number of aromatic hydroxyl groups is 1. The van der Waals surface area contributed by atoms with Gasteiger partial charge in [0.2, 0.25) is 0 Å². The van der Waals surface area contributed by atoms with Gasteiger partial charge in [0.25, 0.3) is 5.56 Å². The van der Waals surface area contributed by atoms with Crippen LogP contribution in [0.15, 0.2) is 23.1 Å². The van der Waals surface area contributed by atoms with Crippen molar-refractivity contribution in [1.29, 1.82) is 0 Å². The summed E-state index contributed by atoms with van der Waals surface area (Å²) in [6.07, 6.45) is 2.47. The fourth-order valence-electron chi connectivity index (χ4n) is 1.43. The standard InChI is InChI=1S/C11H17NO3/c1-3-9(8-15-4-2)12-7-5-6-10(13)11(12)14/h5-7,9,13H,3-4,8H2,1-2H3. The second-order valence-corrected chi connectivity index (χ2v) is 3.33. The lowest BCUT2D eigenvalue weighted by Gasteiger charge is -2.17. The number of rotatable bonds is 5. The molecular formula is C11H17NO3. The largest absolute Gasteiger partial charge is 0.503 e. The number of aromatic nitrogens is 1. The third-order valence-electron chi connectivity index (χ3n) is 2.33. The summed E-state index contributed by atoms with van der Waals surface area (Å²) in [6.45, 7) is 5.03. The van der Waals surface area contributed by atoms with Crippen molar-refractivity contribution in [3.05, 3.63) is 28.7 Å². The second-order valence-electron chi connectivity index (χ2n) is 3.33. The Morgan fingerprint density at radius 3 is 2.87 bits per heavy atom. The Morgan fingerprint density at radius 1 is 1.53 bits per heavy atom. The highest BCUT2D eigenvalue weighted by Gasteiger charge is 2.11. The van der Waals surface area contributed by atoms with Gasteiger partial charge in [-0.25, -0.2) is 0 Å². The molecule has 0 aliphatic rings. The minimum atomic E-state index is -0.357. The van der Waals surface area contributed by atoms with Gasteiger partial charge in [0.15, 0.2) is 5.75 Å². The fourth-order valence-corrected chi connectivity index (χ4v) is 1.43. The number of nitrogens with zero attached hydrogens (tertiary/aromatic N) is 1. The third kappa shape index (κ3) is 2.83. The van der Waals surface area contributed by atoms with Gasteiger partial charge in [-0.15, -0.1) is 0 Å². The van der Waals surface area contributed by atoms with Crippen LogP contribution in [-0.2, 0) is 4.74 Å². The van der Waals surface area contributed by atoms with Crippen LogP contribution in [0.1, 0.15) is 26.3 Å². The Kier molecular flexibility index (Phi) is 4.37. The van der Waals surface area contributed by atoms with E-state index < -0.39 is 0 Å². The zero-order valence-electron chi connectivity index (χ0n) is 9.14. The van der Waals surface area contributed by atoms with Crippen molar-refractivity contribution in [1.82, 2.24) is 4.57 Å². The highest BCUT2D eigenvalue weighted by atomic mass is 16.5. The average molecular weight is 211 g/mol. The molecule has 84 valence electrons. The summed E-state index contributed by atoms with van der Waals surface area (Å²) in [7, 11) is 0. The molecule has 1 N–H and O–H groups in total. The Balaban J connectivity index is 2.91. The topological polar surface area (TPSA) is 51.5 Å². The van der Waals surface area contributed by atoms with E-state index in [2.05, 4.69) is 0 Å². The molecule has 1 aromatic rings. The summed E-state index contributed by atoms with van der Waals surface area (Å²) in [5, 5.41) is 9.30. The predicted octanol–water partition coefficient (Wildman–Crippen LogP) is 1.54. The first-order valence-electron chi connectivity index (χ1n) is 5.18. The lowest BCUT2D eigenvalue weighted by atomic mass is 10.2. The van der Waals surface area contributed by atoms with E-state index in [1.807, 2.05) is 13.8 Å². The molecule has 0 amide bonds. The first-order valence-corrected chi connectivity index (χ1v) is 5.18. The van der Waals surface area contributed by atoms with Gasteiger partial charge in [-0.3, -0.25) is 4.79 Å². The van der Waals surface area contributed by atoms with Crippen LogP contribution in [-0.4, -0.2) is 22.9 Å². The van der Waals surface area contributed by atoms with Gasteiger partial charge >= 0.3 is 0 Å². The summed E-state index contributed by atoms with van der Waals surface area (Å²) in [5.41, 5.74) is -0.357. The molecule has 1 atom stereocenters. The smallest absolute Gasteiger partial charge is 0.292 e. The maximum Gasteiger partial charge on any atom is 0.292 e. The molecule has 1 heterocycles. The SMILES string of the molecule is CCOCC(CC)n1cccc(O)c1=O. The predicted molar refractivity (Wildman–Crippen MR) is 58.2 cm³/mol. The molecule has 0 saturated carbocycles. The summed E-state index contributed by atoms with van der Waals surface area (Å²) in [5.74, 6) is -0.215. The zero-order chi connectivity index (χ0) is 11.3. The molecule has 0 radical (unpaired) electrons. The monoisotopic (exact) mass is 211 g/mol. The molecule has 15 heavy (non-hydrogen) atoms. The minimum Gasteiger partial charge on any atom is -0.503 e. The Morgan fingerprint density at radius 2 is 2.27 bits per heavy atom. The van der Waals surface area contributed by atoms with E-state index in [0.717, 1.165) is 6.42 Å². The molecule has 0 aliphatic carbocycles. The number of hydrogen-bond acceptors (Lipinski definition) is 3. The van der Waals surface area contributed by atoms with E-state index >= 15 is 0 Å². The summed E-state index contributed by atoms with van der Waals surface area (Å²) < 4.78 is 6.81. The molecule has 0 fully saturated rings. The molecule has 0 aromatic carbocycles. The van der Waals surface area contributed by atoms with Gasteiger partial charge in [0.1, 0.15) is 0 Å². The quantitative estimate of drug-likeness (QED) is 0.803. The minimum absolute atomic E-state index is 0.00968. The first kappa shape index (κ1) is 11.8. The van der Waals surface area contributed by atoms with Crippen molar-refractivity contribution in [2.24, 2.45) is 0 Å². The van der Waals surface area contributed by atoms with Crippen LogP contribution in [0, 0.1) is 0 Å². The number of hydrogen-bond donors (Lipinski definition) is 1. The van der Waals surface area contributed by atoms with Crippen LogP contribution in [0.25, 0.3) is 0 Å². The molecule has 1 rings (SSSR count). The van der Waals surface area contributed by atoms with Crippen molar-refractivity contribution in [2.45, 2.75) is 26.3 Å². The van der Waals surface area contributed by atoms with Gasteiger partial charge in [0, 0.05) is 12.8 Å². The summed E-state index contributed by atoms with van der Waals surface area (Å²) in [6, 6.07) is 3.04. The van der Waals surface area contributed by atoms with Gasteiger partial charge < -0.3 is 14.4 Å². The second kappa shape index (κ2) is 5.56. The summed E-state index contributed by atoms with van der Waals surface area (Å²) in [4.78, 5) is 11.6. The molecule has 4 heteroatoms. The Labute approximate surface area is 89.1 Å².